The van der Waals surface area contributed by atoms with Crippen molar-refractivity contribution in [1.82, 2.24) is 10.3 Å². The summed E-state index contributed by atoms with van der Waals surface area (Å²) in [6.07, 6.45) is 2.16. The molecule has 0 saturated heterocycles. The van der Waals surface area contributed by atoms with Crippen LogP contribution in [0.5, 0.6) is 0 Å². The summed E-state index contributed by atoms with van der Waals surface area (Å²) in [7, 11) is 0. The third-order valence-electron chi connectivity index (χ3n) is 4.12. The number of aromatic amines is 1. The van der Waals surface area contributed by atoms with Gasteiger partial charge < -0.3 is 10.3 Å². The zero-order valence-electron chi connectivity index (χ0n) is 13.7. The predicted molar refractivity (Wildman–Crippen MR) is 88.8 cm³/mol. The summed E-state index contributed by atoms with van der Waals surface area (Å²) >= 11 is 0. The van der Waals surface area contributed by atoms with Crippen molar-refractivity contribution >= 4 is 16.8 Å². The minimum atomic E-state index is 0.0198. The van der Waals surface area contributed by atoms with Crippen LogP contribution < -0.4 is 5.32 Å². The van der Waals surface area contributed by atoms with Crippen LogP contribution in [0.3, 0.4) is 0 Å². The Morgan fingerprint density at radius 1 is 1.19 bits per heavy atom. The Kier molecular flexibility index (Phi) is 4.71. The SMILES string of the molecule is Cc1[nH]c2ccc(C(=O)NC(C)CCC(C)C)cc2c1C. The maximum atomic E-state index is 12.3. The van der Waals surface area contributed by atoms with E-state index in [0.717, 1.165) is 35.0 Å². The number of H-pyrrole nitrogens is 1. The highest BCUT2D eigenvalue weighted by atomic mass is 16.1. The van der Waals surface area contributed by atoms with Crippen molar-refractivity contribution in [3.05, 3.63) is 35.0 Å². The van der Waals surface area contributed by atoms with Crippen LogP contribution in [-0.2, 0) is 0 Å². The molecule has 0 fully saturated rings. The maximum absolute atomic E-state index is 12.3. The zero-order valence-corrected chi connectivity index (χ0v) is 13.7. The second kappa shape index (κ2) is 6.33. The molecular weight excluding hydrogens is 260 g/mol. The molecule has 1 aromatic carbocycles. The lowest BCUT2D eigenvalue weighted by Gasteiger charge is -2.15. The van der Waals surface area contributed by atoms with Crippen LogP contribution in [0.1, 0.15) is 55.2 Å². The highest BCUT2D eigenvalue weighted by molar-refractivity contribution is 5.99. The summed E-state index contributed by atoms with van der Waals surface area (Å²) < 4.78 is 0. The molecule has 0 bridgehead atoms. The average molecular weight is 286 g/mol. The Morgan fingerprint density at radius 3 is 2.57 bits per heavy atom. The number of hydrogen-bond donors (Lipinski definition) is 2. The average Bonchev–Trinajstić information content (AvgIpc) is 2.71. The molecule has 114 valence electrons. The molecular formula is C18H26N2O. The molecule has 2 N–H and O–H groups in total. The van der Waals surface area contributed by atoms with E-state index in [-0.39, 0.29) is 11.9 Å². The molecule has 2 aromatic rings. The number of carbonyl (C=O) groups excluding carboxylic acids is 1. The number of rotatable bonds is 5. The summed E-state index contributed by atoms with van der Waals surface area (Å²) in [5.41, 5.74) is 4.20. The summed E-state index contributed by atoms with van der Waals surface area (Å²) in [4.78, 5) is 15.7. The summed E-state index contributed by atoms with van der Waals surface area (Å²) in [5.74, 6) is 0.692. The van der Waals surface area contributed by atoms with Crippen molar-refractivity contribution in [2.75, 3.05) is 0 Å². The number of aryl methyl sites for hydroxylation is 2. The molecule has 1 heterocycles. The predicted octanol–water partition coefficient (Wildman–Crippen LogP) is 4.34. The van der Waals surface area contributed by atoms with Crippen molar-refractivity contribution < 1.29 is 4.79 Å². The Hall–Kier alpha value is -1.77. The number of carbonyl (C=O) groups is 1. The van der Waals surface area contributed by atoms with E-state index < -0.39 is 0 Å². The standard InChI is InChI=1S/C18H26N2O/c1-11(2)6-7-12(3)19-18(21)15-8-9-17-16(10-15)13(4)14(5)20-17/h8-12,20H,6-7H2,1-5H3,(H,19,21). The number of hydrogen-bond acceptors (Lipinski definition) is 1. The van der Waals surface area contributed by atoms with E-state index in [2.05, 4.69) is 44.9 Å². The van der Waals surface area contributed by atoms with Crippen LogP contribution in [0.15, 0.2) is 18.2 Å². The third-order valence-corrected chi connectivity index (χ3v) is 4.12. The molecule has 0 spiro atoms. The smallest absolute Gasteiger partial charge is 0.251 e. The van der Waals surface area contributed by atoms with Gasteiger partial charge >= 0.3 is 0 Å². The van der Waals surface area contributed by atoms with Gasteiger partial charge in [0.25, 0.3) is 5.91 Å². The van der Waals surface area contributed by atoms with Crippen molar-refractivity contribution in [2.45, 2.75) is 53.5 Å². The fourth-order valence-corrected chi connectivity index (χ4v) is 2.57. The third kappa shape index (κ3) is 3.66. The number of nitrogens with one attached hydrogen (secondary N) is 2. The fraction of sp³-hybridized carbons (Fsp3) is 0.500. The molecule has 3 heteroatoms. The second-order valence-corrected chi connectivity index (χ2v) is 6.48. The van der Waals surface area contributed by atoms with E-state index in [0.29, 0.717) is 5.92 Å². The molecule has 1 amide bonds. The molecule has 3 nitrogen and oxygen atoms in total. The van der Waals surface area contributed by atoms with E-state index in [9.17, 15) is 4.79 Å². The van der Waals surface area contributed by atoms with E-state index in [1.165, 1.54) is 5.56 Å². The van der Waals surface area contributed by atoms with Gasteiger partial charge in [-0.1, -0.05) is 13.8 Å². The van der Waals surface area contributed by atoms with Crippen molar-refractivity contribution in [1.29, 1.82) is 0 Å². The van der Waals surface area contributed by atoms with Gasteiger partial charge in [0.2, 0.25) is 0 Å². The van der Waals surface area contributed by atoms with Gasteiger partial charge in [0.1, 0.15) is 0 Å². The van der Waals surface area contributed by atoms with Gasteiger partial charge in [0.15, 0.2) is 0 Å². The van der Waals surface area contributed by atoms with Gasteiger partial charge in [0, 0.05) is 28.2 Å². The Morgan fingerprint density at radius 2 is 1.90 bits per heavy atom. The minimum Gasteiger partial charge on any atom is -0.358 e. The van der Waals surface area contributed by atoms with Gasteiger partial charge in [-0.25, -0.2) is 0 Å². The van der Waals surface area contributed by atoms with Crippen molar-refractivity contribution in [2.24, 2.45) is 5.92 Å². The van der Waals surface area contributed by atoms with Crippen LogP contribution in [0.25, 0.3) is 10.9 Å². The Balaban J connectivity index is 2.10. The lowest BCUT2D eigenvalue weighted by molar-refractivity contribution is 0.0937. The quantitative estimate of drug-likeness (QED) is 0.843. The number of fused-ring (bicyclic) bond motifs is 1. The molecule has 0 radical (unpaired) electrons. The first kappa shape index (κ1) is 15.6. The molecule has 1 aromatic heterocycles. The lowest BCUT2D eigenvalue weighted by atomic mass is 10.0. The van der Waals surface area contributed by atoms with Gasteiger partial charge in [-0.15, -0.1) is 0 Å². The first-order chi connectivity index (χ1) is 9.88. The zero-order chi connectivity index (χ0) is 15.6. The van der Waals surface area contributed by atoms with Gasteiger partial charge in [-0.2, -0.15) is 0 Å². The molecule has 0 aliphatic heterocycles. The second-order valence-electron chi connectivity index (χ2n) is 6.48. The molecule has 0 saturated carbocycles. The molecule has 1 atom stereocenters. The summed E-state index contributed by atoms with van der Waals surface area (Å²) in [5, 5.41) is 4.23. The highest BCUT2D eigenvalue weighted by Crippen LogP contribution is 2.22. The monoisotopic (exact) mass is 286 g/mol. The van der Waals surface area contributed by atoms with Gasteiger partial charge in [-0.05, 0) is 63.3 Å². The van der Waals surface area contributed by atoms with Crippen LogP contribution >= 0.6 is 0 Å². The largest absolute Gasteiger partial charge is 0.358 e. The first-order valence-electron chi connectivity index (χ1n) is 7.78. The van der Waals surface area contributed by atoms with Crippen LogP contribution in [0.2, 0.25) is 0 Å². The normalized spacial score (nSPS) is 12.9. The van der Waals surface area contributed by atoms with Crippen LogP contribution in [0, 0.1) is 19.8 Å². The minimum absolute atomic E-state index is 0.0198. The molecule has 21 heavy (non-hydrogen) atoms. The van der Waals surface area contributed by atoms with E-state index >= 15 is 0 Å². The van der Waals surface area contributed by atoms with Crippen molar-refractivity contribution in [3.8, 4) is 0 Å². The van der Waals surface area contributed by atoms with Gasteiger partial charge in [-0.3, -0.25) is 4.79 Å². The molecule has 0 aliphatic carbocycles. The lowest BCUT2D eigenvalue weighted by Crippen LogP contribution is -2.32. The van der Waals surface area contributed by atoms with E-state index in [1.807, 2.05) is 18.2 Å². The molecule has 1 unspecified atom stereocenters. The number of amides is 1. The number of benzene rings is 1. The van der Waals surface area contributed by atoms with Crippen LogP contribution in [0.4, 0.5) is 0 Å². The Labute approximate surface area is 127 Å². The first-order valence-corrected chi connectivity index (χ1v) is 7.78. The number of aromatic nitrogens is 1. The maximum Gasteiger partial charge on any atom is 0.251 e. The van der Waals surface area contributed by atoms with Crippen LogP contribution in [-0.4, -0.2) is 16.9 Å². The fourth-order valence-electron chi connectivity index (χ4n) is 2.57. The summed E-state index contributed by atoms with van der Waals surface area (Å²) in [6.45, 7) is 10.6. The topological polar surface area (TPSA) is 44.9 Å². The summed E-state index contributed by atoms with van der Waals surface area (Å²) in [6, 6.07) is 6.08. The van der Waals surface area contributed by atoms with E-state index in [1.54, 1.807) is 0 Å². The molecule has 2 rings (SSSR count). The highest BCUT2D eigenvalue weighted by Gasteiger charge is 2.12. The van der Waals surface area contributed by atoms with Gasteiger partial charge in [0.05, 0.1) is 0 Å². The van der Waals surface area contributed by atoms with Crippen molar-refractivity contribution in [3.63, 3.8) is 0 Å². The molecule has 0 aliphatic rings. The Bertz CT molecular complexity index is 640. The van der Waals surface area contributed by atoms with E-state index in [4.69, 9.17) is 0 Å².